The molecule has 132 valence electrons. The van der Waals surface area contributed by atoms with Gasteiger partial charge in [0.2, 0.25) is 0 Å². The van der Waals surface area contributed by atoms with Gasteiger partial charge in [-0.25, -0.2) is 9.97 Å². The van der Waals surface area contributed by atoms with Gasteiger partial charge in [0, 0.05) is 37.1 Å². The summed E-state index contributed by atoms with van der Waals surface area (Å²) in [5.41, 5.74) is 2.14. The van der Waals surface area contributed by atoms with Crippen molar-refractivity contribution in [3.05, 3.63) is 60.4 Å². The monoisotopic (exact) mass is 347 g/mol. The molecule has 0 spiro atoms. The lowest BCUT2D eigenvalue weighted by molar-refractivity contribution is 0.0949. The Kier molecular flexibility index (Phi) is 4.73. The van der Waals surface area contributed by atoms with Crippen LogP contribution in [0.4, 0.5) is 5.82 Å². The predicted molar refractivity (Wildman–Crippen MR) is 101 cm³/mol. The number of carbonyl (C=O) groups is 1. The Labute approximate surface area is 152 Å². The Morgan fingerprint density at radius 2 is 1.92 bits per heavy atom. The number of fused-ring (bicyclic) bond motifs is 1. The summed E-state index contributed by atoms with van der Waals surface area (Å²) in [5.74, 6) is 0.866. The zero-order valence-corrected chi connectivity index (χ0v) is 14.5. The summed E-state index contributed by atoms with van der Waals surface area (Å²) in [6.07, 6.45) is 6.66. The molecular formula is C20H21N5O. The maximum absolute atomic E-state index is 12.3. The van der Waals surface area contributed by atoms with Crippen molar-refractivity contribution in [3.63, 3.8) is 0 Å². The van der Waals surface area contributed by atoms with E-state index in [0.717, 1.165) is 37.1 Å². The first-order chi connectivity index (χ1) is 12.8. The number of carbonyl (C=O) groups excluding carboxylic acids is 1. The van der Waals surface area contributed by atoms with Crippen molar-refractivity contribution in [3.8, 4) is 0 Å². The van der Waals surface area contributed by atoms with E-state index in [-0.39, 0.29) is 11.9 Å². The van der Waals surface area contributed by atoms with Crippen molar-refractivity contribution in [2.45, 2.75) is 25.3 Å². The molecular weight excluding hydrogens is 326 g/mol. The number of rotatable bonds is 4. The molecule has 4 rings (SSSR count). The third-order valence-corrected chi connectivity index (χ3v) is 4.77. The molecule has 1 aliphatic heterocycles. The second-order valence-electron chi connectivity index (χ2n) is 6.49. The van der Waals surface area contributed by atoms with Crippen molar-refractivity contribution in [2.75, 3.05) is 18.0 Å². The predicted octanol–water partition coefficient (Wildman–Crippen LogP) is 2.81. The van der Waals surface area contributed by atoms with Crippen LogP contribution in [0.2, 0.25) is 0 Å². The maximum atomic E-state index is 12.3. The van der Waals surface area contributed by atoms with Gasteiger partial charge in [-0.2, -0.15) is 0 Å². The summed E-state index contributed by atoms with van der Waals surface area (Å²) in [7, 11) is 0. The highest BCUT2D eigenvalue weighted by Crippen LogP contribution is 2.24. The number of hydrogen-bond donors (Lipinski definition) is 1. The van der Waals surface area contributed by atoms with E-state index in [1.807, 2.05) is 42.5 Å². The summed E-state index contributed by atoms with van der Waals surface area (Å²) in [5, 5.41) is 3.07. The molecule has 3 heterocycles. The quantitative estimate of drug-likeness (QED) is 0.786. The lowest BCUT2D eigenvalue weighted by Gasteiger charge is -2.36. The second-order valence-corrected chi connectivity index (χ2v) is 6.49. The molecule has 1 saturated heterocycles. The molecule has 1 aliphatic rings. The van der Waals surface area contributed by atoms with Crippen LogP contribution < -0.4 is 10.2 Å². The van der Waals surface area contributed by atoms with Crippen molar-refractivity contribution >= 4 is 22.9 Å². The largest absolute Gasteiger partial charge is 0.352 e. The van der Waals surface area contributed by atoms with Gasteiger partial charge in [-0.1, -0.05) is 18.2 Å². The fourth-order valence-corrected chi connectivity index (χ4v) is 3.42. The zero-order chi connectivity index (χ0) is 17.8. The van der Waals surface area contributed by atoms with Gasteiger partial charge in [0.15, 0.2) is 5.65 Å². The number of nitrogens with zero attached hydrogens (tertiary/aromatic N) is 4. The highest BCUT2D eigenvalue weighted by atomic mass is 16.1. The zero-order valence-electron chi connectivity index (χ0n) is 14.5. The molecule has 0 saturated carbocycles. The van der Waals surface area contributed by atoms with Crippen LogP contribution in [0.5, 0.6) is 0 Å². The second kappa shape index (κ2) is 7.47. The van der Waals surface area contributed by atoms with E-state index in [1.54, 1.807) is 12.4 Å². The van der Waals surface area contributed by atoms with E-state index in [2.05, 4.69) is 25.2 Å². The molecule has 3 aromatic rings. The van der Waals surface area contributed by atoms with E-state index in [4.69, 9.17) is 0 Å². The third-order valence-electron chi connectivity index (χ3n) is 4.77. The fourth-order valence-electron chi connectivity index (χ4n) is 3.42. The number of pyridine rings is 1. The summed E-state index contributed by atoms with van der Waals surface area (Å²) in [4.78, 5) is 27.9. The SMILES string of the molecule is O=C(NCC1CCCCN1c1ccc2nccnc2n1)c1ccccc1. The average molecular weight is 347 g/mol. The van der Waals surface area contributed by atoms with Gasteiger partial charge >= 0.3 is 0 Å². The first kappa shape index (κ1) is 16.4. The van der Waals surface area contributed by atoms with Crippen LogP contribution in [-0.4, -0.2) is 40.0 Å². The molecule has 1 unspecified atom stereocenters. The number of anilines is 1. The van der Waals surface area contributed by atoms with Gasteiger partial charge in [-0.3, -0.25) is 9.78 Å². The highest BCUT2D eigenvalue weighted by Gasteiger charge is 2.24. The molecule has 0 bridgehead atoms. The summed E-state index contributed by atoms with van der Waals surface area (Å²) < 4.78 is 0. The van der Waals surface area contributed by atoms with Crippen LogP contribution in [0.25, 0.3) is 11.2 Å². The van der Waals surface area contributed by atoms with Crippen LogP contribution >= 0.6 is 0 Å². The Bertz CT molecular complexity index is 899. The van der Waals surface area contributed by atoms with E-state index >= 15 is 0 Å². The molecule has 6 nitrogen and oxygen atoms in total. The van der Waals surface area contributed by atoms with E-state index in [1.165, 1.54) is 0 Å². The summed E-state index contributed by atoms with van der Waals surface area (Å²) in [6, 6.07) is 13.5. The number of amides is 1. The van der Waals surface area contributed by atoms with Crippen molar-refractivity contribution < 1.29 is 4.79 Å². The van der Waals surface area contributed by atoms with Crippen LogP contribution in [0.1, 0.15) is 29.6 Å². The van der Waals surface area contributed by atoms with E-state index in [9.17, 15) is 4.79 Å². The number of piperidine rings is 1. The van der Waals surface area contributed by atoms with Gasteiger partial charge in [0.05, 0.1) is 0 Å². The highest BCUT2D eigenvalue weighted by molar-refractivity contribution is 5.94. The van der Waals surface area contributed by atoms with Gasteiger partial charge in [0.25, 0.3) is 5.91 Å². The smallest absolute Gasteiger partial charge is 0.251 e. The Balaban J connectivity index is 1.49. The molecule has 1 atom stereocenters. The Morgan fingerprint density at radius 1 is 1.08 bits per heavy atom. The molecule has 6 heteroatoms. The number of nitrogens with one attached hydrogen (secondary N) is 1. The maximum Gasteiger partial charge on any atom is 0.251 e. The normalized spacial score (nSPS) is 17.2. The van der Waals surface area contributed by atoms with Gasteiger partial charge < -0.3 is 10.2 Å². The lowest BCUT2D eigenvalue weighted by Crippen LogP contribution is -2.47. The minimum Gasteiger partial charge on any atom is -0.352 e. The van der Waals surface area contributed by atoms with E-state index < -0.39 is 0 Å². The van der Waals surface area contributed by atoms with Crippen LogP contribution in [0.15, 0.2) is 54.9 Å². The summed E-state index contributed by atoms with van der Waals surface area (Å²) >= 11 is 0. The molecule has 26 heavy (non-hydrogen) atoms. The Hall–Kier alpha value is -3.02. The van der Waals surface area contributed by atoms with Gasteiger partial charge in [-0.15, -0.1) is 0 Å². The van der Waals surface area contributed by atoms with Crippen LogP contribution in [0.3, 0.4) is 0 Å². The molecule has 1 aromatic carbocycles. The molecule has 1 amide bonds. The molecule has 1 N–H and O–H groups in total. The van der Waals surface area contributed by atoms with Crippen molar-refractivity contribution in [1.29, 1.82) is 0 Å². The fraction of sp³-hybridized carbons (Fsp3) is 0.300. The van der Waals surface area contributed by atoms with E-state index in [0.29, 0.717) is 17.8 Å². The molecule has 0 aliphatic carbocycles. The Morgan fingerprint density at radius 3 is 2.81 bits per heavy atom. The van der Waals surface area contributed by atoms with Crippen molar-refractivity contribution in [2.24, 2.45) is 0 Å². The number of aromatic nitrogens is 3. The summed E-state index contributed by atoms with van der Waals surface area (Å²) in [6.45, 7) is 1.54. The standard InChI is InChI=1S/C20H21N5O/c26-20(15-6-2-1-3-7-15)23-14-16-8-4-5-13-25(16)18-10-9-17-19(24-18)22-12-11-21-17/h1-3,6-7,9-12,16H,4-5,8,13-14H2,(H,23,26). The third kappa shape index (κ3) is 3.49. The first-order valence-electron chi connectivity index (χ1n) is 8.99. The van der Waals surface area contributed by atoms with Crippen LogP contribution in [0, 0.1) is 0 Å². The first-order valence-corrected chi connectivity index (χ1v) is 8.99. The number of benzene rings is 1. The van der Waals surface area contributed by atoms with Crippen molar-refractivity contribution in [1.82, 2.24) is 20.3 Å². The average Bonchev–Trinajstić information content (AvgIpc) is 2.72. The minimum atomic E-state index is -0.0338. The van der Waals surface area contributed by atoms with Crippen LogP contribution in [-0.2, 0) is 0 Å². The molecule has 2 aromatic heterocycles. The molecule has 0 radical (unpaired) electrons. The molecule has 1 fully saturated rings. The minimum absolute atomic E-state index is 0.0338. The number of hydrogen-bond acceptors (Lipinski definition) is 5. The van der Waals surface area contributed by atoms with Gasteiger partial charge in [0.1, 0.15) is 11.3 Å². The topological polar surface area (TPSA) is 71.0 Å². The lowest BCUT2D eigenvalue weighted by atomic mass is 10.0. The van der Waals surface area contributed by atoms with Gasteiger partial charge in [-0.05, 0) is 43.5 Å².